The van der Waals surface area contributed by atoms with Gasteiger partial charge in [-0.1, -0.05) is 30.3 Å². The lowest BCUT2D eigenvalue weighted by molar-refractivity contribution is 0.283. The highest BCUT2D eigenvalue weighted by Crippen LogP contribution is 2.33. The second kappa shape index (κ2) is 8.46. The third-order valence-corrected chi connectivity index (χ3v) is 4.57. The summed E-state index contributed by atoms with van der Waals surface area (Å²) in [6, 6.07) is 16.1. The summed E-state index contributed by atoms with van der Waals surface area (Å²) in [5, 5.41) is 23.6. The Hall–Kier alpha value is -2.90. The lowest BCUT2D eigenvalue weighted by Gasteiger charge is -2.14. The van der Waals surface area contributed by atoms with Gasteiger partial charge in [0.2, 0.25) is 0 Å². The lowest BCUT2D eigenvalue weighted by atomic mass is 9.97. The largest absolute Gasteiger partial charge is 0.396 e. The molecule has 2 aromatic carbocycles. The molecular formula is C22H23N3O. The molecule has 26 heavy (non-hydrogen) atoms. The van der Waals surface area contributed by atoms with Crippen LogP contribution in [-0.2, 0) is 0 Å². The average Bonchev–Trinajstić information content (AvgIpc) is 2.68. The number of hydrogen-bond donors (Lipinski definition) is 2. The molecule has 3 rings (SSSR count). The first-order valence-electron chi connectivity index (χ1n) is 8.98. The zero-order chi connectivity index (χ0) is 18.4. The zero-order valence-corrected chi connectivity index (χ0v) is 15.0. The summed E-state index contributed by atoms with van der Waals surface area (Å²) in [6.45, 7) is 3.19. The molecule has 1 aromatic heterocycles. The van der Waals surface area contributed by atoms with Gasteiger partial charge in [0.1, 0.15) is 5.82 Å². The number of aliphatic hydroxyl groups excluding tert-OH is 1. The minimum absolute atomic E-state index is 0.250. The molecule has 0 saturated heterocycles. The Labute approximate surface area is 154 Å². The van der Waals surface area contributed by atoms with E-state index in [-0.39, 0.29) is 6.61 Å². The molecule has 4 heteroatoms. The van der Waals surface area contributed by atoms with Crippen molar-refractivity contribution in [2.24, 2.45) is 0 Å². The SMILES string of the molecule is Cc1cccc2c(-c3ccc(C#N)cc3)cnc(NCCCCCO)c12. The number of pyridine rings is 1. The number of nitrogens with zero attached hydrogens (tertiary/aromatic N) is 2. The number of hydrogen-bond acceptors (Lipinski definition) is 4. The van der Waals surface area contributed by atoms with E-state index in [2.05, 4.69) is 41.5 Å². The van der Waals surface area contributed by atoms with E-state index in [4.69, 9.17) is 10.4 Å². The fraction of sp³-hybridized carbons (Fsp3) is 0.273. The zero-order valence-electron chi connectivity index (χ0n) is 15.0. The van der Waals surface area contributed by atoms with Crippen molar-refractivity contribution in [2.45, 2.75) is 26.2 Å². The van der Waals surface area contributed by atoms with E-state index in [1.54, 1.807) is 0 Å². The first-order valence-corrected chi connectivity index (χ1v) is 8.98. The monoisotopic (exact) mass is 345 g/mol. The molecule has 0 atom stereocenters. The van der Waals surface area contributed by atoms with Crippen LogP contribution in [0.4, 0.5) is 5.82 Å². The molecule has 0 radical (unpaired) electrons. The molecule has 132 valence electrons. The van der Waals surface area contributed by atoms with E-state index < -0.39 is 0 Å². The number of unbranched alkanes of at least 4 members (excludes halogenated alkanes) is 2. The van der Waals surface area contributed by atoms with Crippen molar-refractivity contribution < 1.29 is 5.11 Å². The van der Waals surface area contributed by atoms with Crippen molar-refractivity contribution in [1.82, 2.24) is 4.98 Å². The number of rotatable bonds is 7. The summed E-state index contributed by atoms with van der Waals surface area (Å²) < 4.78 is 0. The number of anilines is 1. The molecule has 0 fully saturated rings. The van der Waals surface area contributed by atoms with E-state index in [1.165, 1.54) is 5.56 Å². The molecule has 0 unspecified atom stereocenters. The molecular weight excluding hydrogens is 322 g/mol. The number of aryl methyl sites for hydroxylation is 1. The van der Waals surface area contributed by atoms with Crippen LogP contribution in [0, 0.1) is 18.3 Å². The number of nitriles is 1. The minimum atomic E-state index is 0.250. The van der Waals surface area contributed by atoms with Crippen LogP contribution in [0.5, 0.6) is 0 Å². The maximum Gasteiger partial charge on any atom is 0.134 e. The Morgan fingerprint density at radius 2 is 1.88 bits per heavy atom. The smallest absolute Gasteiger partial charge is 0.134 e. The lowest BCUT2D eigenvalue weighted by Crippen LogP contribution is -2.05. The van der Waals surface area contributed by atoms with Gasteiger partial charge in [0.05, 0.1) is 11.6 Å². The molecule has 0 saturated carbocycles. The third kappa shape index (κ3) is 3.84. The van der Waals surface area contributed by atoms with Gasteiger partial charge >= 0.3 is 0 Å². The van der Waals surface area contributed by atoms with Gasteiger partial charge in [0.25, 0.3) is 0 Å². The van der Waals surface area contributed by atoms with Crippen molar-refractivity contribution in [3.63, 3.8) is 0 Å². The standard InChI is InChI=1S/C22H23N3O/c1-16-6-5-7-19-20(18-10-8-17(14-23)9-11-18)15-25-22(21(16)19)24-12-3-2-4-13-26/h5-11,15,26H,2-4,12-13H2,1H3,(H,24,25). The molecule has 0 spiro atoms. The van der Waals surface area contributed by atoms with Gasteiger partial charge in [-0.15, -0.1) is 0 Å². The Kier molecular flexibility index (Phi) is 5.83. The predicted molar refractivity (Wildman–Crippen MR) is 106 cm³/mol. The van der Waals surface area contributed by atoms with E-state index >= 15 is 0 Å². The van der Waals surface area contributed by atoms with Crippen LogP contribution in [-0.4, -0.2) is 23.2 Å². The maximum absolute atomic E-state index is 9.00. The van der Waals surface area contributed by atoms with Crippen LogP contribution < -0.4 is 5.32 Å². The fourth-order valence-corrected chi connectivity index (χ4v) is 3.18. The summed E-state index contributed by atoms with van der Waals surface area (Å²) in [5.41, 5.74) is 3.97. The first-order chi connectivity index (χ1) is 12.7. The van der Waals surface area contributed by atoms with Crippen LogP contribution in [0.1, 0.15) is 30.4 Å². The van der Waals surface area contributed by atoms with Crippen LogP contribution in [0.2, 0.25) is 0 Å². The topological polar surface area (TPSA) is 68.9 Å². The first kappa shape index (κ1) is 17.9. The molecule has 0 bridgehead atoms. The molecule has 2 N–H and O–H groups in total. The maximum atomic E-state index is 9.00. The quantitative estimate of drug-likeness (QED) is 0.611. The summed E-state index contributed by atoms with van der Waals surface area (Å²) >= 11 is 0. The van der Waals surface area contributed by atoms with Gasteiger partial charge < -0.3 is 10.4 Å². The molecule has 4 nitrogen and oxygen atoms in total. The highest BCUT2D eigenvalue weighted by molar-refractivity contribution is 6.03. The highest BCUT2D eigenvalue weighted by Gasteiger charge is 2.11. The molecule has 1 heterocycles. The molecule has 3 aromatic rings. The van der Waals surface area contributed by atoms with E-state index in [0.717, 1.165) is 53.5 Å². The van der Waals surface area contributed by atoms with Gasteiger partial charge in [0, 0.05) is 30.3 Å². The number of benzene rings is 2. The van der Waals surface area contributed by atoms with Crippen molar-refractivity contribution in [3.8, 4) is 17.2 Å². The van der Waals surface area contributed by atoms with Crippen molar-refractivity contribution >= 4 is 16.6 Å². The van der Waals surface area contributed by atoms with Crippen LogP contribution >= 0.6 is 0 Å². The summed E-state index contributed by atoms with van der Waals surface area (Å²) in [5.74, 6) is 0.902. The Bertz CT molecular complexity index is 927. The van der Waals surface area contributed by atoms with E-state index in [1.807, 2.05) is 30.5 Å². The predicted octanol–water partition coefficient (Wildman–Crippen LogP) is 4.66. The molecule has 0 aliphatic rings. The highest BCUT2D eigenvalue weighted by atomic mass is 16.2. The van der Waals surface area contributed by atoms with Gasteiger partial charge in [0.15, 0.2) is 0 Å². The second-order valence-electron chi connectivity index (χ2n) is 6.42. The van der Waals surface area contributed by atoms with Crippen molar-refractivity contribution in [2.75, 3.05) is 18.5 Å². The summed E-state index contributed by atoms with van der Waals surface area (Å²) in [4.78, 5) is 4.68. The summed E-state index contributed by atoms with van der Waals surface area (Å²) in [6.07, 6.45) is 4.75. The van der Waals surface area contributed by atoms with E-state index in [9.17, 15) is 0 Å². The van der Waals surface area contributed by atoms with Gasteiger partial charge in [-0.2, -0.15) is 5.26 Å². The van der Waals surface area contributed by atoms with Crippen LogP contribution in [0.3, 0.4) is 0 Å². The van der Waals surface area contributed by atoms with Crippen LogP contribution in [0.25, 0.3) is 21.9 Å². The van der Waals surface area contributed by atoms with Crippen molar-refractivity contribution in [3.05, 3.63) is 59.8 Å². The second-order valence-corrected chi connectivity index (χ2v) is 6.42. The van der Waals surface area contributed by atoms with Gasteiger partial charge in [-0.05, 0) is 54.8 Å². The number of aromatic nitrogens is 1. The fourth-order valence-electron chi connectivity index (χ4n) is 3.18. The Morgan fingerprint density at radius 1 is 1.08 bits per heavy atom. The Morgan fingerprint density at radius 3 is 2.62 bits per heavy atom. The number of nitrogens with one attached hydrogen (secondary N) is 1. The third-order valence-electron chi connectivity index (χ3n) is 4.57. The normalized spacial score (nSPS) is 10.7. The van der Waals surface area contributed by atoms with Crippen LogP contribution in [0.15, 0.2) is 48.7 Å². The van der Waals surface area contributed by atoms with Crippen molar-refractivity contribution in [1.29, 1.82) is 5.26 Å². The van der Waals surface area contributed by atoms with Gasteiger partial charge in [-0.25, -0.2) is 4.98 Å². The minimum Gasteiger partial charge on any atom is -0.396 e. The molecule has 0 amide bonds. The van der Waals surface area contributed by atoms with E-state index in [0.29, 0.717) is 5.56 Å². The molecule has 0 aliphatic heterocycles. The van der Waals surface area contributed by atoms with Gasteiger partial charge in [-0.3, -0.25) is 0 Å². The molecule has 0 aliphatic carbocycles. The number of fused-ring (bicyclic) bond motifs is 1. The number of aliphatic hydroxyl groups is 1. The average molecular weight is 345 g/mol. The summed E-state index contributed by atoms with van der Waals surface area (Å²) in [7, 11) is 0. The Balaban J connectivity index is 1.96.